The van der Waals surface area contributed by atoms with Gasteiger partial charge < -0.3 is 15.6 Å². The molecule has 4 rings (SSSR count). The van der Waals surface area contributed by atoms with Crippen LogP contribution in [-0.2, 0) is 16.1 Å². The third-order valence-corrected chi connectivity index (χ3v) is 6.27. The van der Waals surface area contributed by atoms with Crippen LogP contribution in [0.2, 0.25) is 0 Å². The molecule has 0 bridgehead atoms. The number of hydrogen-bond donors (Lipinski definition) is 2. The number of anilines is 1. The van der Waals surface area contributed by atoms with Crippen molar-refractivity contribution in [2.24, 2.45) is 5.73 Å². The molecule has 0 fully saturated rings. The summed E-state index contributed by atoms with van der Waals surface area (Å²) in [5.41, 5.74) is 6.09. The number of carbonyl (C=O) groups is 2. The quantitative estimate of drug-likeness (QED) is 0.409. The number of hydrogen-bond acceptors (Lipinski definition) is 6. The van der Waals surface area contributed by atoms with E-state index < -0.39 is 5.91 Å². The van der Waals surface area contributed by atoms with Gasteiger partial charge in [0.25, 0.3) is 0 Å². The predicted octanol–water partition coefficient (Wildman–Crippen LogP) is 3.77. The minimum absolute atomic E-state index is 0.140. The standard InChI is InChI=1S/C21H19N5O2S2/c22-18(27)10-11-26-20(17-9-4-12-29-17)24-25-21(26)30-13-19(28)23-16-8-3-6-14-5-1-2-7-15(14)16/h1-9,12H,10-11,13H2,(H2,22,27)(H,23,28). The summed E-state index contributed by atoms with van der Waals surface area (Å²) < 4.78 is 1.84. The van der Waals surface area contributed by atoms with Crippen LogP contribution < -0.4 is 11.1 Å². The highest BCUT2D eigenvalue weighted by Gasteiger charge is 2.17. The van der Waals surface area contributed by atoms with Crippen LogP contribution in [0.1, 0.15) is 6.42 Å². The van der Waals surface area contributed by atoms with Crippen LogP contribution >= 0.6 is 23.1 Å². The van der Waals surface area contributed by atoms with Crippen LogP contribution in [0.3, 0.4) is 0 Å². The maximum atomic E-state index is 12.6. The highest BCUT2D eigenvalue weighted by atomic mass is 32.2. The van der Waals surface area contributed by atoms with Gasteiger partial charge in [0.05, 0.1) is 10.6 Å². The van der Waals surface area contributed by atoms with E-state index in [0.717, 1.165) is 21.3 Å². The van der Waals surface area contributed by atoms with Crippen molar-refractivity contribution in [1.29, 1.82) is 0 Å². The molecule has 3 N–H and O–H groups in total. The zero-order chi connectivity index (χ0) is 20.9. The summed E-state index contributed by atoms with van der Waals surface area (Å²) in [5.74, 6) is 0.301. The van der Waals surface area contributed by atoms with Crippen LogP contribution in [0, 0.1) is 0 Å². The first-order valence-corrected chi connectivity index (χ1v) is 11.1. The molecule has 2 amide bonds. The zero-order valence-corrected chi connectivity index (χ0v) is 17.6. The van der Waals surface area contributed by atoms with Gasteiger partial charge in [-0.3, -0.25) is 9.59 Å². The lowest BCUT2D eigenvalue weighted by atomic mass is 10.1. The van der Waals surface area contributed by atoms with Crippen LogP contribution in [0.4, 0.5) is 5.69 Å². The molecule has 152 valence electrons. The van der Waals surface area contributed by atoms with Gasteiger partial charge in [-0.15, -0.1) is 21.5 Å². The Hall–Kier alpha value is -3.17. The van der Waals surface area contributed by atoms with Gasteiger partial charge in [0.1, 0.15) is 0 Å². The third-order valence-electron chi connectivity index (χ3n) is 4.44. The van der Waals surface area contributed by atoms with E-state index in [1.807, 2.05) is 64.5 Å². The third kappa shape index (κ3) is 4.52. The second-order valence-corrected chi connectivity index (χ2v) is 8.41. The van der Waals surface area contributed by atoms with Gasteiger partial charge in [-0.25, -0.2) is 0 Å². The van der Waals surface area contributed by atoms with Crippen LogP contribution in [-0.4, -0.2) is 32.3 Å². The number of thioether (sulfide) groups is 1. The Morgan fingerprint density at radius 1 is 1.07 bits per heavy atom. The highest BCUT2D eigenvalue weighted by molar-refractivity contribution is 7.99. The van der Waals surface area contributed by atoms with Crippen molar-refractivity contribution in [2.45, 2.75) is 18.1 Å². The summed E-state index contributed by atoms with van der Waals surface area (Å²) in [5, 5.41) is 16.0. The van der Waals surface area contributed by atoms with Crippen LogP contribution in [0.5, 0.6) is 0 Å². The Balaban J connectivity index is 1.49. The molecule has 30 heavy (non-hydrogen) atoms. The summed E-state index contributed by atoms with van der Waals surface area (Å²) in [4.78, 5) is 24.8. The molecule has 0 radical (unpaired) electrons. The molecular weight excluding hydrogens is 418 g/mol. The Labute approximate surface area is 181 Å². The monoisotopic (exact) mass is 437 g/mol. The SMILES string of the molecule is NC(=O)CCn1c(SCC(=O)Nc2cccc3ccccc23)nnc1-c1cccs1. The lowest BCUT2D eigenvalue weighted by molar-refractivity contribution is -0.118. The second-order valence-electron chi connectivity index (χ2n) is 6.51. The smallest absolute Gasteiger partial charge is 0.234 e. The summed E-state index contributed by atoms with van der Waals surface area (Å²) in [6.45, 7) is 0.364. The van der Waals surface area contributed by atoms with Gasteiger partial charge in [-0.05, 0) is 22.9 Å². The van der Waals surface area contributed by atoms with Crippen molar-refractivity contribution in [3.05, 3.63) is 60.0 Å². The fourth-order valence-corrected chi connectivity index (χ4v) is 4.54. The second kappa shape index (κ2) is 9.10. The van der Waals surface area contributed by atoms with Crippen LogP contribution in [0.25, 0.3) is 21.5 Å². The number of benzene rings is 2. The van der Waals surface area contributed by atoms with E-state index in [0.29, 0.717) is 17.5 Å². The highest BCUT2D eigenvalue weighted by Crippen LogP contribution is 2.28. The first-order chi connectivity index (χ1) is 14.6. The lowest BCUT2D eigenvalue weighted by Gasteiger charge is -2.10. The van der Waals surface area contributed by atoms with Crippen molar-refractivity contribution in [1.82, 2.24) is 14.8 Å². The molecule has 9 heteroatoms. The van der Waals surface area contributed by atoms with Crippen molar-refractivity contribution < 1.29 is 9.59 Å². The lowest BCUT2D eigenvalue weighted by Crippen LogP contribution is -2.16. The first-order valence-electron chi connectivity index (χ1n) is 9.27. The minimum atomic E-state index is -0.398. The molecule has 2 heterocycles. The predicted molar refractivity (Wildman–Crippen MR) is 120 cm³/mol. The van der Waals surface area contributed by atoms with E-state index in [2.05, 4.69) is 15.5 Å². The molecule has 0 saturated carbocycles. The van der Waals surface area contributed by atoms with Gasteiger partial charge >= 0.3 is 0 Å². The van der Waals surface area contributed by atoms with E-state index in [-0.39, 0.29) is 18.1 Å². The molecule has 0 aliphatic carbocycles. The van der Waals surface area contributed by atoms with Gasteiger partial charge in [-0.2, -0.15) is 0 Å². The minimum Gasteiger partial charge on any atom is -0.370 e. The average molecular weight is 438 g/mol. The maximum absolute atomic E-state index is 12.6. The normalized spacial score (nSPS) is 10.9. The summed E-state index contributed by atoms with van der Waals surface area (Å²) in [7, 11) is 0. The molecule has 2 aromatic heterocycles. The summed E-state index contributed by atoms with van der Waals surface area (Å²) in [6, 6.07) is 17.6. The van der Waals surface area contributed by atoms with Crippen LogP contribution in [0.15, 0.2) is 65.1 Å². The summed E-state index contributed by atoms with van der Waals surface area (Å²) in [6.07, 6.45) is 0.173. The number of nitrogens with zero attached hydrogens (tertiary/aromatic N) is 3. The fourth-order valence-electron chi connectivity index (χ4n) is 3.06. The van der Waals surface area contributed by atoms with Gasteiger partial charge in [0, 0.05) is 24.0 Å². The molecule has 7 nitrogen and oxygen atoms in total. The van der Waals surface area contributed by atoms with E-state index >= 15 is 0 Å². The number of carbonyl (C=O) groups excluding carboxylic acids is 2. The number of nitrogens with two attached hydrogens (primary N) is 1. The molecule has 2 aromatic carbocycles. The van der Waals surface area contributed by atoms with Gasteiger partial charge in [0.15, 0.2) is 11.0 Å². The number of amides is 2. The van der Waals surface area contributed by atoms with Crippen molar-refractivity contribution in [3.63, 3.8) is 0 Å². The Bertz CT molecular complexity index is 1180. The van der Waals surface area contributed by atoms with E-state index in [1.165, 1.54) is 23.1 Å². The number of rotatable bonds is 8. The molecule has 0 aliphatic rings. The first kappa shape index (κ1) is 20.1. The Kier molecular flexibility index (Phi) is 6.10. The largest absolute Gasteiger partial charge is 0.370 e. The number of aromatic nitrogens is 3. The van der Waals surface area contributed by atoms with E-state index in [1.54, 1.807) is 0 Å². The zero-order valence-electron chi connectivity index (χ0n) is 15.9. The topological polar surface area (TPSA) is 103 Å². The van der Waals surface area contributed by atoms with Crippen molar-refractivity contribution >= 4 is 51.4 Å². The molecule has 0 saturated heterocycles. The number of primary amides is 1. The van der Waals surface area contributed by atoms with Gasteiger partial charge in [-0.1, -0.05) is 54.2 Å². The van der Waals surface area contributed by atoms with Crippen molar-refractivity contribution in [3.8, 4) is 10.7 Å². The number of nitrogens with one attached hydrogen (secondary N) is 1. The Morgan fingerprint density at radius 3 is 2.70 bits per heavy atom. The fraction of sp³-hybridized carbons (Fsp3) is 0.143. The molecule has 0 atom stereocenters. The summed E-state index contributed by atoms with van der Waals surface area (Å²) >= 11 is 2.82. The average Bonchev–Trinajstić information content (AvgIpc) is 3.40. The molecule has 0 aliphatic heterocycles. The van der Waals surface area contributed by atoms with E-state index in [9.17, 15) is 9.59 Å². The van der Waals surface area contributed by atoms with Gasteiger partial charge in [0.2, 0.25) is 11.8 Å². The molecular formula is C21H19N5O2S2. The molecule has 0 unspecified atom stereocenters. The Morgan fingerprint density at radius 2 is 1.90 bits per heavy atom. The number of fused-ring (bicyclic) bond motifs is 1. The van der Waals surface area contributed by atoms with E-state index in [4.69, 9.17) is 5.73 Å². The maximum Gasteiger partial charge on any atom is 0.234 e. The van der Waals surface area contributed by atoms with Crippen molar-refractivity contribution in [2.75, 3.05) is 11.1 Å². The molecule has 4 aromatic rings. The molecule has 0 spiro atoms. The number of thiophene rings is 1.